The Balaban J connectivity index is 1.66. The van der Waals surface area contributed by atoms with Crippen molar-refractivity contribution < 1.29 is 18.9 Å². The van der Waals surface area contributed by atoms with Crippen LogP contribution in [-0.4, -0.2) is 81.8 Å². The van der Waals surface area contributed by atoms with Gasteiger partial charge in [0.1, 0.15) is 21.8 Å². The van der Waals surface area contributed by atoms with E-state index in [2.05, 4.69) is 10.3 Å². The zero-order chi connectivity index (χ0) is 16.4. The smallest absolute Gasteiger partial charge is 0.109 e. The van der Waals surface area contributed by atoms with E-state index in [1.165, 1.54) is 0 Å². The highest BCUT2D eigenvalue weighted by Crippen LogP contribution is 2.30. The lowest BCUT2D eigenvalue weighted by Crippen LogP contribution is -2.26. The van der Waals surface area contributed by atoms with Gasteiger partial charge in [-0.25, -0.2) is 4.68 Å². The minimum absolute atomic E-state index is 0.0142. The molecule has 0 amide bonds. The third-order valence-electron chi connectivity index (χ3n) is 4.42. The van der Waals surface area contributed by atoms with Crippen LogP contribution in [0.2, 0.25) is 0 Å². The highest BCUT2D eigenvalue weighted by Gasteiger charge is 2.36. The van der Waals surface area contributed by atoms with Crippen molar-refractivity contribution in [1.29, 1.82) is 0 Å². The third kappa shape index (κ3) is 3.79. The minimum atomic E-state index is -0.304. The molecule has 2 aliphatic heterocycles. The van der Waals surface area contributed by atoms with E-state index in [1.54, 1.807) is 14.2 Å². The summed E-state index contributed by atoms with van der Waals surface area (Å²) < 4.78 is 23.8. The molecule has 2 aliphatic rings. The highest BCUT2D eigenvalue weighted by atomic mass is 16.6. The first-order valence-corrected chi connectivity index (χ1v) is 7.85. The van der Waals surface area contributed by atoms with Crippen LogP contribution in [0.15, 0.2) is 6.20 Å². The molecule has 2 saturated heterocycles. The Morgan fingerprint density at radius 3 is 2.70 bits per heavy atom. The van der Waals surface area contributed by atoms with Crippen LogP contribution in [-0.2, 0) is 25.4 Å². The van der Waals surface area contributed by atoms with Gasteiger partial charge in [0, 0.05) is 38.8 Å². The molecule has 4 radical (unpaired) electrons. The van der Waals surface area contributed by atoms with Crippen LogP contribution in [0.5, 0.6) is 0 Å². The summed E-state index contributed by atoms with van der Waals surface area (Å²) in [7, 11) is 15.0. The van der Waals surface area contributed by atoms with Crippen LogP contribution in [0.25, 0.3) is 0 Å². The Morgan fingerprint density at radius 1 is 1.22 bits per heavy atom. The van der Waals surface area contributed by atoms with Gasteiger partial charge in [0.15, 0.2) is 0 Å². The van der Waals surface area contributed by atoms with Gasteiger partial charge in [-0.2, -0.15) is 0 Å². The van der Waals surface area contributed by atoms with Crippen molar-refractivity contribution in [3.05, 3.63) is 11.9 Å². The molecule has 2 fully saturated rings. The van der Waals surface area contributed by atoms with Crippen molar-refractivity contribution in [3.63, 3.8) is 0 Å². The summed E-state index contributed by atoms with van der Waals surface area (Å²) in [4.78, 5) is 0. The molecule has 1 aromatic rings. The van der Waals surface area contributed by atoms with Gasteiger partial charge in [-0.1, -0.05) is 5.21 Å². The lowest BCUT2D eigenvalue weighted by Gasteiger charge is -2.17. The molecule has 1 aromatic heterocycles. The summed E-state index contributed by atoms with van der Waals surface area (Å²) in [5, 5.41) is 8.46. The van der Waals surface area contributed by atoms with Crippen molar-refractivity contribution in [2.75, 3.05) is 20.8 Å². The molecule has 0 bridgehead atoms. The summed E-state index contributed by atoms with van der Waals surface area (Å²) >= 11 is 0. The number of rotatable bonds is 6. The fourth-order valence-corrected chi connectivity index (χ4v) is 3.30. The van der Waals surface area contributed by atoms with E-state index in [9.17, 15) is 0 Å². The summed E-state index contributed by atoms with van der Waals surface area (Å²) in [5.41, 5.74) is 0.836. The molecule has 122 valence electrons. The molecule has 3 rings (SSSR count). The zero-order valence-electron chi connectivity index (χ0n) is 13.5. The molecule has 7 nitrogen and oxygen atoms in total. The second kappa shape index (κ2) is 7.34. The third-order valence-corrected chi connectivity index (χ3v) is 4.42. The van der Waals surface area contributed by atoms with Gasteiger partial charge in [-0.3, -0.25) is 0 Å². The van der Waals surface area contributed by atoms with Crippen LogP contribution in [0.3, 0.4) is 0 Å². The predicted molar refractivity (Wildman–Crippen MR) is 83.5 cm³/mol. The maximum absolute atomic E-state index is 5.88. The fraction of sp³-hybridized carbons (Fsp3) is 0.857. The maximum Gasteiger partial charge on any atom is 0.109 e. The predicted octanol–water partition coefficient (Wildman–Crippen LogP) is -0.410. The maximum atomic E-state index is 5.88. The Labute approximate surface area is 138 Å². The first-order valence-electron chi connectivity index (χ1n) is 7.85. The average molecular weight is 317 g/mol. The van der Waals surface area contributed by atoms with Gasteiger partial charge in [0.2, 0.25) is 0 Å². The number of methoxy groups -OCH3 is 2. The fourth-order valence-electron chi connectivity index (χ4n) is 3.30. The molecule has 0 spiro atoms. The van der Waals surface area contributed by atoms with Crippen molar-refractivity contribution >= 4 is 15.7 Å². The van der Waals surface area contributed by atoms with Crippen molar-refractivity contribution in [1.82, 2.24) is 15.0 Å². The normalized spacial score (nSPS) is 37.5. The van der Waals surface area contributed by atoms with E-state index >= 15 is 0 Å². The van der Waals surface area contributed by atoms with Gasteiger partial charge in [-0.05, 0) is 12.8 Å². The van der Waals surface area contributed by atoms with Crippen LogP contribution in [0, 0.1) is 0 Å². The lowest BCUT2D eigenvalue weighted by atomic mass is 9.95. The topological polar surface area (TPSA) is 67.6 Å². The van der Waals surface area contributed by atoms with Crippen LogP contribution >= 0.6 is 0 Å². The van der Waals surface area contributed by atoms with Crippen molar-refractivity contribution in [2.24, 2.45) is 0 Å². The van der Waals surface area contributed by atoms with Gasteiger partial charge in [0.05, 0.1) is 30.6 Å². The number of hydrogen-bond acceptors (Lipinski definition) is 6. The molecule has 6 atom stereocenters. The van der Waals surface area contributed by atoms with E-state index in [0.717, 1.165) is 5.69 Å². The van der Waals surface area contributed by atoms with E-state index in [4.69, 9.17) is 34.6 Å². The van der Waals surface area contributed by atoms with Crippen LogP contribution < -0.4 is 0 Å². The van der Waals surface area contributed by atoms with Gasteiger partial charge in [0.25, 0.3) is 0 Å². The minimum Gasteiger partial charge on any atom is -0.382 e. The Hall–Kier alpha value is -0.890. The number of aromatic nitrogens is 3. The summed E-state index contributed by atoms with van der Waals surface area (Å²) in [6, 6.07) is -0.565. The molecule has 3 heterocycles. The largest absolute Gasteiger partial charge is 0.382 e. The standard InChI is InChI=1S/C14H21B2N3O4/c1-20-7-12-9(4-13(15)23-12)19-6-8(17-18-19)3-11-10(21-2)5-14(16)22-11/h6,9-14H,3-5,7H2,1-2H3/t9-,10-,11-,12-,13-,14-/m1/s1. The Morgan fingerprint density at radius 2 is 1.96 bits per heavy atom. The lowest BCUT2D eigenvalue weighted by molar-refractivity contribution is 0.00931. The monoisotopic (exact) mass is 317 g/mol. The first kappa shape index (κ1) is 16.9. The van der Waals surface area contributed by atoms with Crippen LogP contribution in [0.1, 0.15) is 24.6 Å². The summed E-state index contributed by atoms with van der Waals surface area (Å²) in [5.74, 6) is 0. The highest BCUT2D eigenvalue weighted by molar-refractivity contribution is 6.11. The van der Waals surface area contributed by atoms with Crippen LogP contribution in [0.4, 0.5) is 0 Å². The van der Waals surface area contributed by atoms with E-state index in [-0.39, 0.29) is 36.4 Å². The second-order valence-electron chi connectivity index (χ2n) is 6.09. The van der Waals surface area contributed by atoms with E-state index in [0.29, 0.717) is 25.9 Å². The zero-order valence-corrected chi connectivity index (χ0v) is 13.5. The molecule has 0 N–H and O–H groups in total. The first-order chi connectivity index (χ1) is 11.1. The molecular weight excluding hydrogens is 296 g/mol. The molecule has 9 heteroatoms. The summed E-state index contributed by atoms with van der Waals surface area (Å²) in [6.45, 7) is 0.472. The molecule has 0 aromatic carbocycles. The van der Waals surface area contributed by atoms with E-state index < -0.39 is 0 Å². The summed E-state index contributed by atoms with van der Waals surface area (Å²) in [6.07, 6.45) is 3.66. The molecule has 23 heavy (non-hydrogen) atoms. The Bertz CT molecular complexity index is 518. The van der Waals surface area contributed by atoms with Gasteiger partial charge in [-0.15, -0.1) is 5.10 Å². The second-order valence-corrected chi connectivity index (χ2v) is 6.09. The molecule has 0 unspecified atom stereocenters. The van der Waals surface area contributed by atoms with E-state index in [1.807, 2.05) is 10.9 Å². The average Bonchev–Trinajstić information content (AvgIpc) is 3.19. The van der Waals surface area contributed by atoms with Crippen molar-refractivity contribution in [3.8, 4) is 0 Å². The molecule has 0 aliphatic carbocycles. The van der Waals surface area contributed by atoms with Gasteiger partial charge >= 0.3 is 0 Å². The van der Waals surface area contributed by atoms with Gasteiger partial charge < -0.3 is 18.9 Å². The SMILES string of the molecule is [B][C@H]1C[C@@H](n2cc(C[C@H]3O[C@@H]([B])C[C@H]3OC)nn2)[C@@H](COC)O1. The molecular formula is C14H21B2N3O4. The molecule has 0 saturated carbocycles. The van der Waals surface area contributed by atoms with Crippen molar-refractivity contribution in [2.45, 2.75) is 55.6 Å². The number of ether oxygens (including phenoxy) is 4. The Kier molecular flexibility index (Phi) is 5.41. The number of nitrogens with zero attached hydrogens (tertiary/aromatic N) is 3. The quantitative estimate of drug-likeness (QED) is 0.665. The number of hydrogen-bond donors (Lipinski definition) is 0.